The minimum Gasteiger partial charge on any atom is -0.299 e. The van der Waals surface area contributed by atoms with E-state index in [-0.39, 0.29) is 10.8 Å². The van der Waals surface area contributed by atoms with Crippen LogP contribution in [0.2, 0.25) is 5.02 Å². The van der Waals surface area contributed by atoms with Crippen LogP contribution in [0.4, 0.5) is 4.39 Å². The summed E-state index contributed by atoms with van der Waals surface area (Å²) in [7, 11) is 0. The van der Waals surface area contributed by atoms with Crippen molar-refractivity contribution in [1.82, 2.24) is 4.90 Å². The van der Waals surface area contributed by atoms with Gasteiger partial charge in [-0.1, -0.05) is 35.9 Å². The van der Waals surface area contributed by atoms with Crippen LogP contribution in [0.3, 0.4) is 0 Å². The molecule has 1 saturated heterocycles. The van der Waals surface area contributed by atoms with Crippen LogP contribution in [0.15, 0.2) is 42.5 Å². The molecule has 108 valence electrons. The van der Waals surface area contributed by atoms with Crippen LogP contribution >= 0.6 is 11.6 Å². The molecule has 1 fully saturated rings. The molecule has 0 spiro atoms. The maximum atomic E-state index is 13.1. The molecular formula is C17H15ClFNO. The van der Waals surface area contributed by atoms with E-state index in [0.717, 1.165) is 19.6 Å². The zero-order valence-electron chi connectivity index (χ0n) is 11.5. The molecule has 0 saturated carbocycles. The van der Waals surface area contributed by atoms with Crippen molar-refractivity contribution in [2.24, 2.45) is 0 Å². The summed E-state index contributed by atoms with van der Waals surface area (Å²) >= 11 is 5.72. The standard InChI is InChI=1S/C17H15ClFNO/c18-15-10-14(6-7-16(15)19)17(21)13-4-2-12(3-5-13)11-20-8-1-9-20/h2-7,10H,1,8-9,11H2. The van der Waals surface area contributed by atoms with E-state index in [1.165, 1.54) is 30.2 Å². The van der Waals surface area contributed by atoms with E-state index in [2.05, 4.69) is 4.90 Å². The number of carbonyl (C=O) groups excluding carboxylic acids is 1. The van der Waals surface area contributed by atoms with E-state index in [4.69, 9.17) is 11.6 Å². The number of ketones is 1. The highest BCUT2D eigenvalue weighted by Crippen LogP contribution is 2.19. The molecule has 0 radical (unpaired) electrons. The molecule has 1 aliphatic heterocycles. The summed E-state index contributed by atoms with van der Waals surface area (Å²) in [6.07, 6.45) is 1.27. The molecule has 1 aliphatic rings. The minimum absolute atomic E-state index is 0.0322. The number of benzene rings is 2. The summed E-state index contributed by atoms with van der Waals surface area (Å²) in [5, 5.41) is -0.0322. The van der Waals surface area contributed by atoms with E-state index in [9.17, 15) is 9.18 Å². The summed E-state index contributed by atoms with van der Waals surface area (Å²) < 4.78 is 13.1. The molecule has 2 nitrogen and oxygen atoms in total. The zero-order valence-corrected chi connectivity index (χ0v) is 12.2. The van der Waals surface area contributed by atoms with E-state index in [1.54, 1.807) is 0 Å². The van der Waals surface area contributed by atoms with Gasteiger partial charge in [-0.25, -0.2) is 4.39 Å². The van der Waals surface area contributed by atoms with Crippen LogP contribution < -0.4 is 0 Å². The van der Waals surface area contributed by atoms with Crippen molar-refractivity contribution < 1.29 is 9.18 Å². The number of nitrogens with zero attached hydrogens (tertiary/aromatic N) is 1. The lowest BCUT2D eigenvalue weighted by Gasteiger charge is -2.30. The fourth-order valence-corrected chi connectivity index (χ4v) is 2.54. The van der Waals surface area contributed by atoms with Crippen molar-refractivity contribution in [3.05, 3.63) is 70.0 Å². The van der Waals surface area contributed by atoms with Crippen LogP contribution in [0, 0.1) is 5.82 Å². The van der Waals surface area contributed by atoms with E-state index >= 15 is 0 Å². The third-order valence-electron chi connectivity index (χ3n) is 3.75. The molecule has 4 heteroatoms. The fraction of sp³-hybridized carbons (Fsp3) is 0.235. The lowest BCUT2D eigenvalue weighted by atomic mass is 10.0. The number of likely N-dealkylation sites (tertiary alicyclic amines) is 1. The van der Waals surface area contributed by atoms with E-state index in [0.29, 0.717) is 11.1 Å². The van der Waals surface area contributed by atoms with Crippen molar-refractivity contribution in [3.63, 3.8) is 0 Å². The van der Waals surface area contributed by atoms with Crippen molar-refractivity contribution in [3.8, 4) is 0 Å². The Balaban J connectivity index is 1.75. The third kappa shape index (κ3) is 3.14. The number of rotatable bonds is 4. The van der Waals surface area contributed by atoms with E-state index in [1.807, 2.05) is 24.3 Å². The monoisotopic (exact) mass is 303 g/mol. The Bertz CT molecular complexity index is 665. The molecule has 21 heavy (non-hydrogen) atoms. The summed E-state index contributed by atoms with van der Waals surface area (Å²) in [6, 6.07) is 11.6. The molecule has 1 heterocycles. The molecule has 0 bridgehead atoms. The maximum Gasteiger partial charge on any atom is 0.193 e. The molecular weight excluding hydrogens is 289 g/mol. The van der Waals surface area contributed by atoms with Crippen molar-refractivity contribution in [1.29, 1.82) is 0 Å². The van der Waals surface area contributed by atoms with Crippen LogP contribution in [0.25, 0.3) is 0 Å². The van der Waals surface area contributed by atoms with Gasteiger partial charge in [0.15, 0.2) is 5.78 Å². The summed E-state index contributed by atoms with van der Waals surface area (Å²) in [4.78, 5) is 14.7. The Kier molecular flexibility index (Phi) is 4.04. The highest BCUT2D eigenvalue weighted by Gasteiger charge is 2.15. The normalized spacial score (nSPS) is 14.8. The Morgan fingerprint density at radius 2 is 1.76 bits per heavy atom. The Morgan fingerprint density at radius 3 is 2.33 bits per heavy atom. The van der Waals surface area contributed by atoms with Crippen molar-refractivity contribution in [2.75, 3.05) is 13.1 Å². The van der Waals surface area contributed by atoms with Gasteiger partial charge in [0.25, 0.3) is 0 Å². The topological polar surface area (TPSA) is 20.3 Å². The Labute approximate surface area is 128 Å². The minimum atomic E-state index is -0.516. The molecule has 3 rings (SSSR count). The predicted octanol–water partition coefficient (Wildman–Crippen LogP) is 3.92. The smallest absolute Gasteiger partial charge is 0.193 e. The number of halogens is 2. The molecule has 2 aromatic rings. The van der Waals surface area contributed by atoms with Gasteiger partial charge < -0.3 is 0 Å². The van der Waals surface area contributed by atoms with Gasteiger partial charge in [-0.3, -0.25) is 9.69 Å². The largest absolute Gasteiger partial charge is 0.299 e. The van der Waals surface area contributed by atoms with Crippen LogP contribution in [-0.2, 0) is 6.54 Å². The fourth-order valence-electron chi connectivity index (χ4n) is 2.36. The molecule has 0 aliphatic carbocycles. The van der Waals surface area contributed by atoms with Gasteiger partial charge in [-0.05, 0) is 43.3 Å². The van der Waals surface area contributed by atoms with Gasteiger partial charge in [0.05, 0.1) is 5.02 Å². The summed E-state index contributed by atoms with van der Waals surface area (Å²) in [5.74, 6) is -0.662. The Morgan fingerprint density at radius 1 is 1.10 bits per heavy atom. The second-order valence-corrected chi connectivity index (χ2v) is 5.69. The second kappa shape index (κ2) is 5.96. The third-order valence-corrected chi connectivity index (χ3v) is 4.04. The molecule has 0 aromatic heterocycles. The lowest BCUT2D eigenvalue weighted by molar-refractivity contribution is 0.103. The first-order valence-corrected chi connectivity index (χ1v) is 7.32. The van der Waals surface area contributed by atoms with Gasteiger partial charge in [0.1, 0.15) is 5.82 Å². The first kappa shape index (κ1) is 14.2. The summed E-state index contributed by atoms with van der Waals surface area (Å²) in [5.41, 5.74) is 2.19. The average molecular weight is 304 g/mol. The van der Waals surface area contributed by atoms with Crippen LogP contribution in [0.5, 0.6) is 0 Å². The van der Waals surface area contributed by atoms with Gasteiger partial charge in [0.2, 0.25) is 0 Å². The predicted molar refractivity (Wildman–Crippen MR) is 81.2 cm³/mol. The van der Waals surface area contributed by atoms with Gasteiger partial charge in [-0.2, -0.15) is 0 Å². The highest BCUT2D eigenvalue weighted by molar-refractivity contribution is 6.31. The molecule has 2 aromatic carbocycles. The Hall–Kier alpha value is -1.71. The average Bonchev–Trinajstić information content (AvgIpc) is 2.46. The molecule has 0 unspecified atom stereocenters. The first-order chi connectivity index (χ1) is 10.1. The van der Waals surface area contributed by atoms with Gasteiger partial charge in [0, 0.05) is 17.7 Å². The first-order valence-electron chi connectivity index (χ1n) is 6.94. The number of carbonyl (C=O) groups is 1. The summed E-state index contributed by atoms with van der Waals surface area (Å²) in [6.45, 7) is 3.22. The maximum absolute atomic E-state index is 13.1. The molecule has 0 N–H and O–H groups in total. The lowest BCUT2D eigenvalue weighted by Crippen LogP contribution is -2.36. The quantitative estimate of drug-likeness (QED) is 0.798. The van der Waals surface area contributed by atoms with Gasteiger partial charge >= 0.3 is 0 Å². The molecule has 0 atom stereocenters. The zero-order chi connectivity index (χ0) is 14.8. The van der Waals surface area contributed by atoms with Crippen LogP contribution in [-0.4, -0.2) is 23.8 Å². The highest BCUT2D eigenvalue weighted by atomic mass is 35.5. The number of hydrogen-bond donors (Lipinski definition) is 0. The van der Waals surface area contributed by atoms with Gasteiger partial charge in [-0.15, -0.1) is 0 Å². The van der Waals surface area contributed by atoms with Crippen molar-refractivity contribution in [2.45, 2.75) is 13.0 Å². The van der Waals surface area contributed by atoms with Crippen LogP contribution in [0.1, 0.15) is 27.9 Å². The number of hydrogen-bond acceptors (Lipinski definition) is 2. The SMILES string of the molecule is O=C(c1ccc(CN2CCC2)cc1)c1ccc(F)c(Cl)c1. The van der Waals surface area contributed by atoms with Crippen molar-refractivity contribution >= 4 is 17.4 Å². The van der Waals surface area contributed by atoms with E-state index < -0.39 is 5.82 Å². The molecule has 0 amide bonds. The second-order valence-electron chi connectivity index (χ2n) is 5.28.